The molecule has 1 aromatic heterocycles. The number of hydrogen-bond acceptors (Lipinski definition) is 3. The van der Waals surface area contributed by atoms with Gasteiger partial charge in [-0.05, 0) is 6.92 Å². The van der Waals surface area contributed by atoms with Crippen molar-refractivity contribution in [1.82, 2.24) is 4.98 Å². The maximum Gasteiger partial charge on any atom is 0.280 e. The quantitative estimate of drug-likeness (QED) is 0.772. The molecule has 0 aliphatic carbocycles. The molecule has 0 atom stereocenters. The predicted molar refractivity (Wildman–Crippen MR) is 49.8 cm³/mol. The van der Waals surface area contributed by atoms with Crippen molar-refractivity contribution >= 4 is 0 Å². The van der Waals surface area contributed by atoms with Crippen LogP contribution in [0.25, 0.3) is 0 Å². The van der Waals surface area contributed by atoms with Crippen molar-refractivity contribution < 1.29 is 13.5 Å². The van der Waals surface area contributed by atoms with E-state index in [1.807, 2.05) is 6.07 Å². The average Bonchev–Trinajstić information content (AvgIpc) is 2.18. The van der Waals surface area contributed by atoms with Crippen molar-refractivity contribution in [2.24, 2.45) is 0 Å². The van der Waals surface area contributed by atoms with E-state index in [2.05, 4.69) is 4.98 Å². The van der Waals surface area contributed by atoms with Gasteiger partial charge in [0, 0.05) is 17.3 Å². The Bertz CT molecular complexity index is 399. The van der Waals surface area contributed by atoms with Crippen LogP contribution in [0.4, 0.5) is 8.78 Å². The molecule has 1 heterocycles. The molecular formula is C10H10F2N2O. The monoisotopic (exact) mass is 212 g/mol. The van der Waals surface area contributed by atoms with E-state index in [1.54, 1.807) is 0 Å². The van der Waals surface area contributed by atoms with E-state index >= 15 is 0 Å². The van der Waals surface area contributed by atoms with E-state index in [4.69, 9.17) is 10.00 Å². The summed E-state index contributed by atoms with van der Waals surface area (Å²) in [5.74, 6) is 0.321. The van der Waals surface area contributed by atoms with Gasteiger partial charge in [-0.25, -0.2) is 8.78 Å². The molecule has 15 heavy (non-hydrogen) atoms. The third kappa shape index (κ3) is 2.21. The lowest BCUT2D eigenvalue weighted by Gasteiger charge is -2.12. The molecule has 0 N–H and O–H groups in total. The molecule has 0 radical (unpaired) electrons. The zero-order valence-electron chi connectivity index (χ0n) is 8.42. The van der Waals surface area contributed by atoms with E-state index < -0.39 is 6.43 Å². The number of pyridine rings is 1. The van der Waals surface area contributed by atoms with E-state index in [1.165, 1.54) is 20.2 Å². The van der Waals surface area contributed by atoms with Crippen molar-refractivity contribution in [3.63, 3.8) is 0 Å². The number of aromatic nitrogens is 1. The molecule has 5 heteroatoms. The van der Waals surface area contributed by atoms with Crippen LogP contribution >= 0.6 is 0 Å². The van der Waals surface area contributed by atoms with Crippen molar-refractivity contribution in [2.45, 2.75) is 19.8 Å². The fourth-order valence-electron chi connectivity index (χ4n) is 1.38. The Morgan fingerprint density at radius 1 is 1.60 bits per heavy atom. The molecule has 0 saturated heterocycles. The third-order valence-corrected chi connectivity index (χ3v) is 2.06. The van der Waals surface area contributed by atoms with E-state index in [9.17, 15) is 8.78 Å². The Labute approximate surface area is 86.3 Å². The van der Waals surface area contributed by atoms with Gasteiger partial charge in [0.1, 0.15) is 11.4 Å². The molecule has 0 spiro atoms. The second kappa shape index (κ2) is 4.69. The standard InChI is InChI=1S/C10H10F2N2O/c1-6-8(10(11)12)14-5-7(3-4-13)9(6)15-2/h5,10H,3H2,1-2H3. The van der Waals surface area contributed by atoms with Gasteiger partial charge in [-0.2, -0.15) is 5.26 Å². The van der Waals surface area contributed by atoms with Gasteiger partial charge >= 0.3 is 0 Å². The second-order valence-corrected chi connectivity index (χ2v) is 2.96. The molecule has 0 aromatic carbocycles. The summed E-state index contributed by atoms with van der Waals surface area (Å²) < 4.78 is 30.0. The largest absolute Gasteiger partial charge is 0.496 e. The SMILES string of the molecule is COc1c(CC#N)cnc(C(F)F)c1C. The van der Waals surface area contributed by atoms with Crippen molar-refractivity contribution in [1.29, 1.82) is 5.26 Å². The normalized spacial score (nSPS) is 10.1. The summed E-state index contributed by atoms with van der Waals surface area (Å²) in [6.07, 6.45) is -1.27. The molecule has 0 aliphatic rings. The first-order valence-corrected chi connectivity index (χ1v) is 4.29. The third-order valence-electron chi connectivity index (χ3n) is 2.06. The molecule has 0 amide bonds. The van der Waals surface area contributed by atoms with Crippen LogP contribution in [-0.4, -0.2) is 12.1 Å². The van der Waals surface area contributed by atoms with Gasteiger partial charge in [0.05, 0.1) is 19.6 Å². The lowest BCUT2D eigenvalue weighted by Crippen LogP contribution is -2.02. The highest BCUT2D eigenvalue weighted by molar-refractivity contribution is 5.43. The van der Waals surface area contributed by atoms with Crippen molar-refractivity contribution in [3.05, 3.63) is 23.0 Å². The molecule has 0 saturated carbocycles. The molecule has 0 unspecified atom stereocenters. The number of nitrogens with zero attached hydrogens (tertiary/aromatic N) is 2. The maximum atomic E-state index is 12.5. The number of nitriles is 1. The minimum atomic E-state index is -2.63. The molecular weight excluding hydrogens is 202 g/mol. The summed E-state index contributed by atoms with van der Waals surface area (Å²) in [4.78, 5) is 3.62. The summed E-state index contributed by atoms with van der Waals surface area (Å²) in [6.45, 7) is 1.51. The summed E-state index contributed by atoms with van der Waals surface area (Å²) >= 11 is 0. The van der Waals surface area contributed by atoms with Crippen LogP contribution in [0.3, 0.4) is 0 Å². The molecule has 1 rings (SSSR count). The number of rotatable bonds is 3. The summed E-state index contributed by atoms with van der Waals surface area (Å²) in [6, 6.07) is 1.93. The first-order valence-electron chi connectivity index (χ1n) is 4.29. The molecule has 1 aromatic rings. The number of alkyl halides is 2. The van der Waals surface area contributed by atoms with Crippen LogP contribution in [0.2, 0.25) is 0 Å². The minimum absolute atomic E-state index is 0.0977. The fraction of sp³-hybridized carbons (Fsp3) is 0.400. The highest BCUT2D eigenvalue weighted by Crippen LogP contribution is 2.30. The van der Waals surface area contributed by atoms with E-state index in [0.717, 1.165) is 0 Å². The first-order chi connectivity index (χ1) is 7.11. The Morgan fingerprint density at radius 2 is 2.27 bits per heavy atom. The molecule has 3 nitrogen and oxygen atoms in total. The van der Waals surface area contributed by atoms with E-state index in [-0.39, 0.29) is 12.1 Å². The lowest BCUT2D eigenvalue weighted by molar-refractivity contribution is 0.144. The number of halogens is 2. The van der Waals surface area contributed by atoms with Gasteiger partial charge < -0.3 is 4.74 Å². The molecule has 0 aliphatic heterocycles. The second-order valence-electron chi connectivity index (χ2n) is 2.96. The molecule has 0 bridgehead atoms. The lowest BCUT2D eigenvalue weighted by atomic mass is 10.1. The minimum Gasteiger partial charge on any atom is -0.496 e. The Hall–Kier alpha value is -1.70. The fourth-order valence-corrected chi connectivity index (χ4v) is 1.38. The zero-order chi connectivity index (χ0) is 11.4. The van der Waals surface area contributed by atoms with Gasteiger partial charge in [0.2, 0.25) is 0 Å². The number of hydrogen-bond donors (Lipinski definition) is 0. The molecule has 80 valence electrons. The number of methoxy groups -OCH3 is 1. The Kier molecular flexibility index (Phi) is 3.56. The van der Waals surface area contributed by atoms with Crippen LogP contribution < -0.4 is 4.74 Å². The van der Waals surface area contributed by atoms with Gasteiger partial charge in [-0.1, -0.05) is 0 Å². The van der Waals surface area contributed by atoms with Gasteiger partial charge in [-0.15, -0.1) is 0 Å². The van der Waals surface area contributed by atoms with Crippen LogP contribution in [-0.2, 0) is 6.42 Å². The Balaban J connectivity index is 3.27. The molecule has 0 fully saturated rings. The number of ether oxygens (including phenoxy) is 1. The highest BCUT2D eigenvalue weighted by Gasteiger charge is 2.18. The first kappa shape index (κ1) is 11.4. The smallest absolute Gasteiger partial charge is 0.280 e. The topological polar surface area (TPSA) is 45.9 Å². The van der Waals surface area contributed by atoms with Crippen LogP contribution in [0, 0.1) is 18.3 Å². The zero-order valence-corrected chi connectivity index (χ0v) is 8.42. The van der Waals surface area contributed by atoms with Gasteiger partial charge in [0.15, 0.2) is 0 Å². The average molecular weight is 212 g/mol. The summed E-state index contributed by atoms with van der Waals surface area (Å²) in [5.41, 5.74) is 0.524. The highest BCUT2D eigenvalue weighted by atomic mass is 19.3. The van der Waals surface area contributed by atoms with Crippen LogP contribution in [0.1, 0.15) is 23.2 Å². The van der Waals surface area contributed by atoms with Gasteiger partial charge in [0.25, 0.3) is 6.43 Å². The maximum absolute atomic E-state index is 12.5. The Morgan fingerprint density at radius 3 is 2.73 bits per heavy atom. The van der Waals surface area contributed by atoms with Crippen LogP contribution in [0.15, 0.2) is 6.20 Å². The predicted octanol–water partition coefficient (Wildman–Crippen LogP) is 2.40. The summed E-state index contributed by atoms with van der Waals surface area (Å²) in [5, 5.41) is 8.53. The summed E-state index contributed by atoms with van der Waals surface area (Å²) in [7, 11) is 1.39. The van der Waals surface area contributed by atoms with Gasteiger partial charge in [-0.3, -0.25) is 4.98 Å². The van der Waals surface area contributed by atoms with E-state index in [0.29, 0.717) is 16.9 Å². The van der Waals surface area contributed by atoms with Crippen LogP contribution in [0.5, 0.6) is 5.75 Å². The van der Waals surface area contributed by atoms with Crippen molar-refractivity contribution in [3.8, 4) is 11.8 Å². The van der Waals surface area contributed by atoms with Crippen molar-refractivity contribution in [2.75, 3.05) is 7.11 Å².